The van der Waals surface area contributed by atoms with Crippen molar-refractivity contribution in [2.24, 2.45) is 5.73 Å². The van der Waals surface area contributed by atoms with Crippen LogP contribution in [0.5, 0.6) is 5.75 Å². The van der Waals surface area contributed by atoms with Crippen LogP contribution in [0.4, 0.5) is 10.1 Å². The fraction of sp³-hybridized carbons (Fsp3) is 0.278. The van der Waals surface area contributed by atoms with Crippen molar-refractivity contribution < 1.29 is 13.9 Å². The Labute approximate surface area is 134 Å². The number of nitrogens with one attached hydrogen (secondary N) is 1. The molecule has 0 unspecified atom stereocenters. The number of halogens is 1. The summed E-state index contributed by atoms with van der Waals surface area (Å²) in [5, 5.41) is 2.68. The summed E-state index contributed by atoms with van der Waals surface area (Å²) in [7, 11) is 0. The standard InChI is InChI=1S/C18H19FN2O2/c19-16-10-14(8-9-17(16)23-15-2-1-3-15)21-18(22)13-6-4-12(11-20)5-7-13/h4-10,15H,1-3,11,20H2,(H,21,22). The first kappa shape index (κ1) is 15.5. The summed E-state index contributed by atoms with van der Waals surface area (Å²) in [5.41, 5.74) is 7.37. The van der Waals surface area contributed by atoms with Crippen LogP contribution in [0.3, 0.4) is 0 Å². The van der Waals surface area contributed by atoms with Gasteiger partial charge in [0.05, 0.1) is 6.10 Å². The van der Waals surface area contributed by atoms with E-state index in [9.17, 15) is 9.18 Å². The number of carbonyl (C=O) groups excluding carboxylic acids is 1. The molecule has 0 bridgehead atoms. The van der Waals surface area contributed by atoms with Gasteiger partial charge in [0, 0.05) is 23.9 Å². The highest BCUT2D eigenvalue weighted by atomic mass is 19.1. The van der Waals surface area contributed by atoms with Gasteiger partial charge in [-0.3, -0.25) is 4.79 Å². The molecular formula is C18H19FN2O2. The molecule has 0 aromatic heterocycles. The molecule has 0 saturated heterocycles. The van der Waals surface area contributed by atoms with E-state index >= 15 is 0 Å². The number of anilines is 1. The Bertz CT molecular complexity index is 697. The minimum absolute atomic E-state index is 0.117. The minimum atomic E-state index is -0.465. The zero-order valence-corrected chi connectivity index (χ0v) is 12.7. The van der Waals surface area contributed by atoms with Crippen LogP contribution in [0, 0.1) is 5.82 Å². The number of amides is 1. The molecule has 1 amide bonds. The maximum Gasteiger partial charge on any atom is 0.255 e. The summed E-state index contributed by atoms with van der Waals surface area (Å²) in [4.78, 5) is 12.1. The van der Waals surface area contributed by atoms with Crippen LogP contribution >= 0.6 is 0 Å². The van der Waals surface area contributed by atoms with Crippen molar-refractivity contribution in [2.75, 3.05) is 5.32 Å². The van der Waals surface area contributed by atoms with Crippen molar-refractivity contribution in [3.05, 3.63) is 59.4 Å². The molecule has 4 nitrogen and oxygen atoms in total. The van der Waals surface area contributed by atoms with Gasteiger partial charge >= 0.3 is 0 Å². The van der Waals surface area contributed by atoms with E-state index < -0.39 is 5.82 Å². The first-order valence-electron chi connectivity index (χ1n) is 7.72. The largest absolute Gasteiger partial charge is 0.487 e. The maximum absolute atomic E-state index is 14.0. The van der Waals surface area contributed by atoms with Gasteiger partial charge < -0.3 is 15.8 Å². The number of hydrogen-bond donors (Lipinski definition) is 2. The maximum atomic E-state index is 14.0. The second kappa shape index (κ2) is 6.79. The van der Waals surface area contributed by atoms with E-state index in [1.807, 2.05) is 0 Å². The molecule has 120 valence electrons. The molecule has 1 aliphatic carbocycles. The number of nitrogens with two attached hydrogens (primary N) is 1. The van der Waals surface area contributed by atoms with E-state index in [0.717, 1.165) is 24.8 Å². The molecule has 3 rings (SSSR count). The molecule has 3 N–H and O–H groups in total. The smallest absolute Gasteiger partial charge is 0.255 e. The van der Waals surface area contributed by atoms with Crippen molar-refractivity contribution in [3.63, 3.8) is 0 Å². The Hall–Kier alpha value is -2.40. The third-order valence-corrected chi connectivity index (χ3v) is 3.99. The molecule has 2 aromatic rings. The van der Waals surface area contributed by atoms with Crippen molar-refractivity contribution in [1.29, 1.82) is 0 Å². The zero-order valence-electron chi connectivity index (χ0n) is 12.7. The molecule has 2 aromatic carbocycles. The quantitative estimate of drug-likeness (QED) is 0.888. The summed E-state index contributed by atoms with van der Waals surface area (Å²) in [6.45, 7) is 0.426. The molecule has 1 aliphatic rings. The van der Waals surface area contributed by atoms with Crippen molar-refractivity contribution >= 4 is 11.6 Å². The number of hydrogen-bond acceptors (Lipinski definition) is 3. The summed E-state index contributed by atoms with van der Waals surface area (Å²) >= 11 is 0. The predicted molar refractivity (Wildman–Crippen MR) is 87.0 cm³/mol. The van der Waals surface area contributed by atoms with Crippen molar-refractivity contribution in [2.45, 2.75) is 31.9 Å². The molecule has 1 saturated carbocycles. The highest BCUT2D eigenvalue weighted by Crippen LogP contribution is 2.28. The van der Waals surface area contributed by atoms with Crippen molar-refractivity contribution in [3.8, 4) is 5.75 Å². The van der Waals surface area contributed by atoms with Gasteiger partial charge in [0.15, 0.2) is 11.6 Å². The van der Waals surface area contributed by atoms with E-state index in [1.54, 1.807) is 36.4 Å². The van der Waals surface area contributed by atoms with Crippen molar-refractivity contribution in [1.82, 2.24) is 0 Å². The Morgan fingerprint density at radius 2 is 1.96 bits per heavy atom. The number of benzene rings is 2. The Balaban J connectivity index is 1.66. The predicted octanol–water partition coefficient (Wildman–Crippen LogP) is 3.47. The van der Waals surface area contributed by atoms with E-state index in [4.69, 9.17) is 10.5 Å². The Morgan fingerprint density at radius 3 is 2.52 bits per heavy atom. The summed E-state index contributed by atoms with van der Waals surface area (Å²) < 4.78 is 19.6. The summed E-state index contributed by atoms with van der Waals surface area (Å²) in [6, 6.07) is 11.5. The van der Waals surface area contributed by atoms with Gasteiger partial charge in [-0.25, -0.2) is 4.39 Å². The number of carbonyl (C=O) groups is 1. The number of ether oxygens (including phenoxy) is 1. The van der Waals surface area contributed by atoms with Gasteiger partial charge in [0.2, 0.25) is 0 Å². The lowest BCUT2D eigenvalue weighted by Gasteiger charge is -2.26. The van der Waals surface area contributed by atoms with Crippen LogP contribution in [0.2, 0.25) is 0 Å². The molecule has 0 aliphatic heterocycles. The Morgan fingerprint density at radius 1 is 1.22 bits per heavy atom. The summed E-state index contributed by atoms with van der Waals surface area (Å²) in [5.74, 6) is -0.520. The van der Waals surface area contributed by atoms with Gasteiger partial charge in [0.25, 0.3) is 5.91 Å². The van der Waals surface area contributed by atoms with Gasteiger partial charge in [-0.2, -0.15) is 0 Å². The van der Waals surface area contributed by atoms with Crippen LogP contribution in [0.25, 0.3) is 0 Å². The Kier molecular flexibility index (Phi) is 4.57. The molecule has 5 heteroatoms. The lowest BCUT2D eigenvalue weighted by atomic mass is 9.96. The molecular weight excluding hydrogens is 295 g/mol. The van der Waals surface area contributed by atoms with E-state index in [0.29, 0.717) is 17.8 Å². The fourth-order valence-electron chi connectivity index (χ4n) is 2.34. The third-order valence-electron chi connectivity index (χ3n) is 3.99. The zero-order chi connectivity index (χ0) is 16.2. The fourth-order valence-corrected chi connectivity index (χ4v) is 2.34. The molecule has 0 spiro atoms. The highest BCUT2D eigenvalue weighted by molar-refractivity contribution is 6.04. The monoisotopic (exact) mass is 314 g/mol. The number of rotatable bonds is 5. The highest BCUT2D eigenvalue weighted by Gasteiger charge is 2.20. The first-order valence-corrected chi connectivity index (χ1v) is 7.72. The third kappa shape index (κ3) is 3.68. The van der Waals surface area contributed by atoms with Crippen LogP contribution in [0.15, 0.2) is 42.5 Å². The van der Waals surface area contributed by atoms with Gasteiger partial charge in [-0.05, 0) is 49.1 Å². The van der Waals surface area contributed by atoms with E-state index in [2.05, 4.69) is 5.32 Å². The molecule has 1 fully saturated rings. The molecule has 23 heavy (non-hydrogen) atoms. The SMILES string of the molecule is NCc1ccc(C(=O)Nc2ccc(OC3CCC3)c(F)c2)cc1. The lowest BCUT2D eigenvalue weighted by molar-refractivity contribution is 0.102. The second-order valence-corrected chi connectivity index (χ2v) is 5.67. The van der Waals surface area contributed by atoms with Gasteiger partial charge in [0.1, 0.15) is 0 Å². The van der Waals surface area contributed by atoms with Crippen LogP contribution in [-0.2, 0) is 6.54 Å². The van der Waals surface area contributed by atoms with Gasteiger partial charge in [-0.1, -0.05) is 12.1 Å². The van der Waals surface area contributed by atoms with Crippen LogP contribution in [-0.4, -0.2) is 12.0 Å². The van der Waals surface area contributed by atoms with E-state index in [1.165, 1.54) is 6.07 Å². The van der Waals surface area contributed by atoms with Gasteiger partial charge in [-0.15, -0.1) is 0 Å². The normalized spacial score (nSPS) is 14.2. The minimum Gasteiger partial charge on any atom is -0.487 e. The average Bonchev–Trinajstić information content (AvgIpc) is 2.52. The average molecular weight is 314 g/mol. The van der Waals surface area contributed by atoms with E-state index in [-0.39, 0.29) is 17.8 Å². The molecule has 0 radical (unpaired) electrons. The molecule has 0 atom stereocenters. The lowest BCUT2D eigenvalue weighted by Crippen LogP contribution is -2.25. The molecule has 0 heterocycles. The summed E-state index contributed by atoms with van der Waals surface area (Å²) in [6.07, 6.45) is 3.18. The van der Waals surface area contributed by atoms with Crippen LogP contribution < -0.4 is 15.8 Å². The topological polar surface area (TPSA) is 64.4 Å². The second-order valence-electron chi connectivity index (χ2n) is 5.67. The van der Waals surface area contributed by atoms with Crippen LogP contribution in [0.1, 0.15) is 35.2 Å². The first-order chi connectivity index (χ1) is 11.2.